The lowest BCUT2D eigenvalue weighted by molar-refractivity contribution is -0.763. The van der Waals surface area contributed by atoms with Gasteiger partial charge in [-0.3, -0.25) is 14.4 Å². The zero-order valence-electron chi connectivity index (χ0n) is 27.7. The second kappa shape index (κ2) is 28.5. The first-order valence-corrected chi connectivity index (χ1v) is 16.7. The van der Waals surface area contributed by atoms with Crippen molar-refractivity contribution in [2.75, 3.05) is 6.54 Å². The summed E-state index contributed by atoms with van der Waals surface area (Å²) in [7, 11) is 0. The molecule has 0 heterocycles. The number of carbonyl (C=O) groups is 3. The number of hydrogen-bond donors (Lipinski definition) is 1. The number of unbranched alkanes of at least 4 members (excludes halogenated alkanes) is 6. The number of Topliss-reactive ketones (excluding diaryl/α,β-unsaturated/α-hetero) is 1. The van der Waals surface area contributed by atoms with Crippen LogP contribution in [0.3, 0.4) is 0 Å². The van der Waals surface area contributed by atoms with Gasteiger partial charge in [-0.15, -0.1) is 10.1 Å². The molecular weight excluding hydrogens is 560 g/mol. The first kappa shape index (κ1) is 40.8. The molecule has 0 aliphatic rings. The van der Waals surface area contributed by atoms with Gasteiger partial charge in [-0.2, -0.15) is 0 Å². The average molecular weight is 619 g/mol. The molecular formula is C35H58N2O7. The van der Waals surface area contributed by atoms with E-state index in [4.69, 9.17) is 4.74 Å². The first-order chi connectivity index (χ1) is 21.3. The molecule has 1 N–H and O–H groups in total. The molecule has 0 bridgehead atoms. The number of hydrogen-bond acceptors (Lipinski definition) is 7. The van der Waals surface area contributed by atoms with Crippen molar-refractivity contribution in [3.05, 3.63) is 57.7 Å². The van der Waals surface area contributed by atoms with Gasteiger partial charge in [0.25, 0.3) is 5.09 Å². The Labute approximate surface area is 265 Å². The zero-order valence-corrected chi connectivity index (χ0v) is 27.7. The fraction of sp³-hybridized carbons (Fsp3) is 0.686. The van der Waals surface area contributed by atoms with E-state index in [0.717, 1.165) is 37.5 Å². The van der Waals surface area contributed by atoms with Crippen LogP contribution >= 0.6 is 0 Å². The van der Waals surface area contributed by atoms with E-state index < -0.39 is 11.1 Å². The van der Waals surface area contributed by atoms with Crippen LogP contribution in [-0.4, -0.2) is 29.8 Å². The van der Waals surface area contributed by atoms with Gasteiger partial charge in [0, 0.05) is 12.8 Å². The van der Waals surface area contributed by atoms with E-state index in [9.17, 15) is 24.5 Å². The molecule has 9 heteroatoms. The maximum atomic E-state index is 12.2. The molecule has 9 nitrogen and oxygen atoms in total. The lowest BCUT2D eigenvalue weighted by Gasteiger charge is -2.25. The first-order valence-electron chi connectivity index (χ1n) is 16.7. The van der Waals surface area contributed by atoms with Gasteiger partial charge in [-0.1, -0.05) is 122 Å². The van der Waals surface area contributed by atoms with Crippen LogP contribution in [0.2, 0.25) is 0 Å². The monoisotopic (exact) mass is 618 g/mol. The number of ether oxygens (including phenoxy) is 1. The quantitative estimate of drug-likeness (QED) is 0.0276. The molecule has 2 unspecified atom stereocenters. The Morgan fingerprint density at radius 1 is 0.864 bits per heavy atom. The van der Waals surface area contributed by atoms with Crippen molar-refractivity contribution in [2.24, 2.45) is 11.8 Å². The number of rotatable bonds is 26. The van der Waals surface area contributed by atoms with Gasteiger partial charge in [-0.25, -0.2) is 0 Å². The van der Waals surface area contributed by atoms with Crippen LogP contribution in [0, 0.1) is 22.0 Å². The number of nitrogens with one attached hydrogen (secondary N) is 1. The van der Waals surface area contributed by atoms with E-state index in [2.05, 4.69) is 50.0 Å². The van der Waals surface area contributed by atoms with Crippen molar-refractivity contribution in [3.8, 4) is 0 Å². The van der Waals surface area contributed by atoms with Crippen molar-refractivity contribution >= 4 is 18.2 Å². The van der Waals surface area contributed by atoms with Gasteiger partial charge in [0.15, 0.2) is 0 Å². The number of esters is 1. The third-order valence-electron chi connectivity index (χ3n) is 7.70. The molecule has 250 valence electrons. The lowest BCUT2D eigenvalue weighted by Crippen LogP contribution is -2.23. The molecule has 1 aromatic carbocycles. The fourth-order valence-corrected chi connectivity index (χ4v) is 5.08. The Morgan fingerprint density at radius 3 is 2.16 bits per heavy atom. The maximum absolute atomic E-state index is 12.2. The largest absolute Gasteiger partial charge is 0.459 e. The molecule has 1 rings (SSSR count). The SMILES string of the molecule is CCCC/C=C\CC(CC)C(CCC)CCC(=O)CCCCCCC.O=CNCC(=O)OCc1ccccc1CO[N+](=O)[O-]. The van der Waals surface area contributed by atoms with E-state index >= 15 is 0 Å². The molecule has 44 heavy (non-hydrogen) atoms. The van der Waals surface area contributed by atoms with E-state index in [1.165, 1.54) is 70.6 Å². The predicted molar refractivity (Wildman–Crippen MR) is 175 cm³/mol. The van der Waals surface area contributed by atoms with Gasteiger partial charge in [0.1, 0.15) is 25.5 Å². The molecule has 0 aromatic heterocycles. The van der Waals surface area contributed by atoms with Gasteiger partial charge in [0.2, 0.25) is 6.41 Å². The number of ketones is 1. The Balaban J connectivity index is 0.000000870. The van der Waals surface area contributed by atoms with Crippen LogP contribution in [0.4, 0.5) is 0 Å². The summed E-state index contributed by atoms with van der Waals surface area (Å²) in [6, 6.07) is 6.70. The van der Waals surface area contributed by atoms with E-state index in [-0.39, 0.29) is 19.8 Å². The highest BCUT2D eigenvalue weighted by atomic mass is 16.9. The van der Waals surface area contributed by atoms with Crippen LogP contribution in [0.25, 0.3) is 0 Å². The standard InChI is InChI=1S/C24H46O.C11H12N2O6/c1-5-9-11-13-15-18-22(8-4)23(17-7-3)20-21-24(25)19-16-14-12-10-6-2;14-8-12-5-11(15)18-6-9-3-1-2-4-10(9)7-19-13(16)17/h13,15,22-23H,5-12,14,16-21H2,1-4H3;1-4,8H,5-7H2,(H,12,14)/b15-13-;. The molecule has 1 amide bonds. The minimum Gasteiger partial charge on any atom is -0.459 e. The van der Waals surface area contributed by atoms with Crippen molar-refractivity contribution < 1.29 is 29.0 Å². The second-order valence-corrected chi connectivity index (χ2v) is 11.2. The topological polar surface area (TPSA) is 125 Å². The van der Waals surface area contributed by atoms with Crippen LogP contribution in [-0.2, 0) is 37.2 Å². The average Bonchev–Trinajstić information content (AvgIpc) is 3.02. The Kier molecular flexibility index (Phi) is 26.4. The highest BCUT2D eigenvalue weighted by molar-refractivity contribution is 5.78. The summed E-state index contributed by atoms with van der Waals surface area (Å²) in [5.74, 6) is 1.40. The van der Waals surface area contributed by atoms with Gasteiger partial charge in [-0.05, 0) is 48.6 Å². The van der Waals surface area contributed by atoms with Crippen molar-refractivity contribution in [3.63, 3.8) is 0 Å². The maximum Gasteiger partial charge on any atom is 0.325 e. The van der Waals surface area contributed by atoms with E-state index in [1.54, 1.807) is 24.3 Å². The number of nitrogens with zero attached hydrogens (tertiary/aromatic N) is 1. The summed E-state index contributed by atoms with van der Waals surface area (Å²) in [6.45, 7) is 8.61. The summed E-state index contributed by atoms with van der Waals surface area (Å²) in [6.07, 6.45) is 22.9. The lowest BCUT2D eigenvalue weighted by atomic mass is 9.80. The van der Waals surface area contributed by atoms with Crippen molar-refractivity contribution in [2.45, 2.75) is 137 Å². The van der Waals surface area contributed by atoms with Crippen LogP contribution in [0.1, 0.15) is 135 Å². The minimum atomic E-state index is -0.892. The Bertz CT molecular complexity index is 935. The molecule has 2 atom stereocenters. The van der Waals surface area contributed by atoms with Gasteiger partial charge in [0.05, 0.1) is 0 Å². The highest BCUT2D eigenvalue weighted by Gasteiger charge is 2.19. The summed E-state index contributed by atoms with van der Waals surface area (Å²) in [5, 5.41) is 11.4. The zero-order chi connectivity index (χ0) is 32.8. The molecule has 1 aromatic rings. The number of benzene rings is 1. The minimum absolute atomic E-state index is 0.0450. The van der Waals surface area contributed by atoms with E-state index in [1.807, 2.05) is 0 Å². The smallest absolute Gasteiger partial charge is 0.325 e. The van der Waals surface area contributed by atoms with E-state index in [0.29, 0.717) is 23.3 Å². The van der Waals surface area contributed by atoms with Crippen molar-refractivity contribution in [1.29, 1.82) is 0 Å². The Hall–Kier alpha value is -3.23. The summed E-state index contributed by atoms with van der Waals surface area (Å²) >= 11 is 0. The predicted octanol–water partition coefficient (Wildman–Crippen LogP) is 8.46. The van der Waals surface area contributed by atoms with Crippen LogP contribution in [0.15, 0.2) is 36.4 Å². The molecule has 0 aliphatic carbocycles. The van der Waals surface area contributed by atoms with Crippen LogP contribution < -0.4 is 5.32 Å². The molecule has 0 fully saturated rings. The van der Waals surface area contributed by atoms with Gasteiger partial charge < -0.3 is 14.9 Å². The van der Waals surface area contributed by atoms with Crippen LogP contribution in [0.5, 0.6) is 0 Å². The molecule has 0 saturated heterocycles. The third kappa shape index (κ3) is 22.3. The van der Waals surface area contributed by atoms with Gasteiger partial charge >= 0.3 is 5.97 Å². The summed E-state index contributed by atoms with van der Waals surface area (Å²) in [5.41, 5.74) is 1.15. The number of amides is 1. The summed E-state index contributed by atoms with van der Waals surface area (Å²) < 4.78 is 4.89. The number of carbonyl (C=O) groups excluding carboxylic acids is 3. The molecule has 0 radical (unpaired) electrons. The molecule has 0 aliphatic heterocycles. The third-order valence-corrected chi connectivity index (χ3v) is 7.70. The number of allylic oxidation sites excluding steroid dienone is 2. The van der Waals surface area contributed by atoms with Crippen molar-refractivity contribution in [1.82, 2.24) is 5.32 Å². The second-order valence-electron chi connectivity index (χ2n) is 11.2. The molecule has 0 spiro atoms. The highest BCUT2D eigenvalue weighted by Crippen LogP contribution is 2.29. The summed E-state index contributed by atoms with van der Waals surface area (Å²) in [4.78, 5) is 47.8. The fourth-order valence-electron chi connectivity index (χ4n) is 5.08. The normalized spacial score (nSPS) is 12.1. The molecule has 0 saturated carbocycles. The Morgan fingerprint density at radius 2 is 1.55 bits per heavy atom.